The largest absolute Gasteiger partial charge is 0.496 e. The molecule has 0 spiro atoms. The first kappa shape index (κ1) is 17.2. The molecule has 0 fully saturated rings. The predicted molar refractivity (Wildman–Crippen MR) is 80.8 cm³/mol. The first-order chi connectivity index (χ1) is 9.88. The van der Waals surface area contributed by atoms with Crippen molar-refractivity contribution in [1.82, 2.24) is 4.90 Å². The number of nitrogens with zero attached hydrogens (tertiary/aromatic N) is 1. The van der Waals surface area contributed by atoms with Crippen LogP contribution < -0.4 is 4.74 Å². The molecule has 21 heavy (non-hydrogen) atoms. The van der Waals surface area contributed by atoms with Crippen LogP contribution in [-0.4, -0.2) is 41.5 Å². The molecule has 0 aliphatic heterocycles. The average Bonchev–Trinajstić information content (AvgIpc) is 2.43. The fraction of sp³-hybridized carbons (Fsp3) is 0.500. The number of hydrogen-bond acceptors (Lipinski definition) is 4. The van der Waals surface area contributed by atoms with Gasteiger partial charge in [-0.25, -0.2) is 0 Å². The van der Waals surface area contributed by atoms with E-state index in [0.29, 0.717) is 17.9 Å². The Balaban J connectivity index is 2.99. The quantitative estimate of drug-likeness (QED) is 0.746. The summed E-state index contributed by atoms with van der Waals surface area (Å²) < 4.78 is 5.33. The van der Waals surface area contributed by atoms with E-state index >= 15 is 0 Å². The molecule has 5 nitrogen and oxygen atoms in total. The number of carbonyl (C=O) groups excluding carboxylic acids is 1. The summed E-state index contributed by atoms with van der Waals surface area (Å²) in [6, 6.07) is 5.25. The minimum atomic E-state index is -0.814. The number of benzene rings is 1. The normalized spacial score (nSPS) is 12.2. The molecule has 0 saturated carbocycles. The minimum absolute atomic E-state index is 0.000496. The first-order valence-electron chi connectivity index (χ1n) is 7.02. The molecule has 0 aromatic heterocycles. The van der Waals surface area contributed by atoms with E-state index in [9.17, 15) is 9.59 Å². The molecule has 0 saturated heterocycles. The van der Waals surface area contributed by atoms with Crippen molar-refractivity contribution in [2.24, 2.45) is 0 Å². The van der Waals surface area contributed by atoms with Crippen molar-refractivity contribution in [3.8, 4) is 5.75 Å². The molecule has 0 heterocycles. The maximum atomic E-state index is 11.5. The number of methoxy groups -OCH3 is 1. The van der Waals surface area contributed by atoms with Gasteiger partial charge in [-0.2, -0.15) is 0 Å². The minimum Gasteiger partial charge on any atom is -0.496 e. The van der Waals surface area contributed by atoms with Gasteiger partial charge in [0, 0.05) is 23.7 Å². The second kappa shape index (κ2) is 7.78. The Hall–Kier alpha value is -1.88. The number of carboxylic acids is 1. The van der Waals surface area contributed by atoms with Gasteiger partial charge in [-0.1, -0.05) is 6.92 Å². The van der Waals surface area contributed by atoms with Crippen LogP contribution in [0.1, 0.15) is 43.1 Å². The molecule has 1 aromatic carbocycles. The van der Waals surface area contributed by atoms with Gasteiger partial charge in [0.25, 0.3) is 0 Å². The molecule has 1 aromatic rings. The molecule has 116 valence electrons. The molecular weight excluding hydrogens is 270 g/mol. The van der Waals surface area contributed by atoms with Gasteiger partial charge in [0.15, 0.2) is 5.78 Å². The lowest BCUT2D eigenvalue weighted by atomic mass is 10.1. The van der Waals surface area contributed by atoms with Crippen LogP contribution in [0.25, 0.3) is 0 Å². The highest BCUT2D eigenvalue weighted by Gasteiger charge is 2.18. The number of hydrogen-bond donors (Lipinski definition) is 1. The number of ether oxygens (including phenoxy) is 1. The SMILES string of the molecule is CCN(Cc1cc(C(C)=O)ccc1OC)C(C)CC(=O)O. The van der Waals surface area contributed by atoms with Gasteiger partial charge in [-0.05, 0) is 38.6 Å². The summed E-state index contributed by atoms with van der Waals surface area (Å²) >= 11 is 0. The van der Waals surface area contributed by atoms with Gasteiger partial charge in [0.1, 0.15) is 5.75 Å². The van der Waals surface area contributed by atoms with Gasteiger partial charge in [-0.3, -0.25) is 14.5 Å². The molecule has 1 N–H and O–H groups in total. The van der Waals surface area contributed by atoms with E-state index in [-0.39, 0.29) is 18.2 Å². The second-order valence-electron chi connectivity index (χ2n) is 5.09. The monoisotopic (exact) mass is 293 g/mol. The summed E-state index contributed by atoms with van der Waals surface area (Å²) in [5.41, 5.74) is 1.53. The smallest absolute Gasteiger partial charge is 0.304 e. The first-order valence-corrected chi connectivity index (χ1v) is 7.02. The second-order valence-corrected chi connectivity index (χ2v) is 5.09. The van der Waals surface area contributed by atoms with Gasteiger partial charge in [0.2, 0.25) is 0 Å². The van der Waals surface area contributed by atoms with Crippen LogP contribution in [0.15, 0.2) is 18.2 Å². The topological polar surface area (TPSA) is 66.8 Å². The van der Waals surface area contributed by atoms with Crippen molar-refractivity contribution in [3.05, 3.63) is 29.3 Å². The van der Waals surface area contributed by atoms with Crippen molar-refractivity contribution < 1.29 is 19.4 Å². The van der Waals surface area contributed by atoms with Crippen LogP contribution in [0.3, 0.4) is 0 Å². The number of carboxylic acid groups (broad SMARTS) is 1. The lowest BCUT2D eigenvalue weighted by molar-refractivity contribution is -0.138. The van der Waals surface area contributed by atoms with E-state index < -0.39 is 5.97 Å². The summed E-state index contributed by atoms with van der Waals surface area (Å²) in [6.07, 6.45) is 0.0859. The third kappa shape index (κ3) is 4.86. The fourth-order valence-corrected chi connectivity index (χ4v) is 2.30. The Labute approximate surface area is 125 Å². The molecule has 0 aliphatic rings. The average molecular weight is 293 g/mol. The molecule has 5 heteroatoms. The lowest BCUT2D eigenvalue weighted by Gasteiger charge is -2.27. The number of Topliss-reactive ketones (excluding diaryl/α,β-unsaturated/α-hetero) is 1. The molecule has 0 amide bonds. The molecule has 0 aliphatic carbocycles. The zero-order valence-electron chi connectivity index (χ0n) is 13.0. The molecule has 1 unspecified atom stereocenters. The van der Waals surface area contributed by atoms with Gasteiger partial charge < -0.3 is 9.84 Å². The number of carbonyl (C=O) groups is 2. The van der Waals surface area contributed by atoms with Crippen molar-refractivity contribution in [3.63, 3.8) is 0 Å². The predicted octanol–water partition coefficient (Wildman–Crippen LogP) is 2.58. The lowest BCUT2D eigenvalue weighted by Crippen LogP contribution is -2.34. The Kier molecular flexibility index (Phi) is 6.37. The van der Waals surface area contributed by atoms with Crippen molar-refractivity contribution >= 4 is 11.8 Å². The molecule has 1 atom stereocenters. The maximum absolute atomic E-state index is 11.5. The van der Waals surface area contributed by atoms with Crippen LogP contribution >= 0.6 is 0 Å². The summed E-state index contributed by atoms with van der Waals surface area (Å²) in [6.45, 7) is 6.67. The fourth-order valence-electron chi connectivity index (χ4n) is 2.30. The summed E-state index contributed by atoms with van der Waals surface area (Å²) in [5, 5.41) is 8.92. The van der Waals surface area contributed by atoms with Crippen LogP contribution in [-0.2, 0) is 11.3 Å². The third-order valence-corrected chi connectivity index (χ3v) is 3.56. The van der Waals surface area contributed by atoms with Crippen molar-refractivity contribution in [2.45, 2.75) is 39.8 Å². The van der Waals surface area contributed by atoms with E-state index in [0.717, 1.165) is 12.1 Å². The van der Waals surface area contributed by atoms with Crippen LogP contribution in [0.5, 0.6) is 5.75 Å². The van der Waals surface area contributed by atoms with Gasteiger partial charge in [0.05, 0.1) is 13.5 Å². The molecule has 1 rings (SSSR count). The Morgan fingerprint density at radius 1 is 1.38 bits per heavy atom. The maximum Gasteiger partial charge on any atom is 0.304 e. The molecular formula is C16H23NO4. The highest BCUT2D eigenvalue weighted by atomic mass is 16.5. The van der Waals surface area contributed by atoms with Crippen LogP contribution in [0, 0.1) is 0 Å². The highest BCUT2D eigenvalue weighted by molar-refractivity contribution is 5.94. The summed E-state index contributed by atoms with van der Waals surface area (Å²) in [5.74, 6) is -0.105. The Bertz CT molecular complexity index is 513. The van der Waals surface area contributed by atoms with Crippen molar-refractivity contribution in [2.75, 3.05) is 13.7 Å². The number of aliphatic carboxylic acids is 1. The standard InChI is InChI=1S/C16H23NO4/c1-5-17(11(2)8-16(19)20)10-14-9-13(12(3)18)6-7-15(14)21-4/h6-7,9,11H,5,8,10H2,1-4H3,(H,19,20). The number of ketones is 1. The number of rotatable bonds is 8. The highest BCUT2D eigenvalue weighted by Crippen LogP contribution is 2.23. The van der Waals surface area contributed by atoms with E-state index in [1.165, 1.54) is 6.92 Å². The van der Waals surface area contributed by atoms with E-state index in [1.54, 1.807) is 19.2 Å². The zero-order valence-corrected chi connectivity index (χ0v) is 13.0. The summed E-state index contributed by atoms with van der Waals surface area (Å²) in [4.78, 5) is 24.4. The summed E-state index contributed by atoms with van der Waals surface area (Å²) in [7, 11) is 1.59. The zero-order chi connectivity index (χ0) is 16.0. The Morgan fingerprint density at radius 3 is 2.52 bits per heavy atom. The van der Waals surface area contributed by atoms with Crippen molar-refractivity contribution in [1.29, 1.82) is 0 Å². The van der Waals surface area contributed by atoms with Gasteiger partial charge >= 0.3 is 5.97 Å². The van der Waals surface area contributed by atoms with Crippen LogP contribution in [0.2, 0.25) is 0 Å². The van der Waals surface area contributed by atoms with Gasteiger partial charge in [-0.15, -0.1) is 0 Å². The third-order valence-electron chi connectivity index (χ3n) is 3.56. The molecule has 0 radical (unpaired) electrons. The van der Waals surface area contributed by atoms with E-state index in [4.69, 9.17) is 9.84 Å². The Morgan fingerprint density at radius 2 is 2.05 bits per heavy atom. The van der Waals surface area contributed by atoms with Crippen LogP contribution in [0.4, 0.5) is 0 Å². The molecule has 0 bridgehead atoms. The van der Waals surface area contributed by atoms with E-state index in [2.05, 4.69) is 4.90 Å². The van der Waals surface area contributed by atoms with E-state index in [1.807, 2.05) is 19.9 Å².